The zero-order valence-electron chi connectivity index (χ0n) is 18.3. The number of aromatic nitrogens is 4. The van der Waals surface area contributed by atoms with E-state index < -0.39 is 5.97 Å². The van der Waals surface area contributed by atoms with E-state index in [0.29, 0.717) is 23.3 Å². The summed E-state index contributed by atoms with van der Waals surface area (Å²) in [7, 11) is 4.09. The van der Waals surface area contributed by atoms with Crippen LogP contribution in [0, 0.1) is 6.92 Å². The monoisotopic (exact) mass is 454 g/mol. The van der Waals surface area contributed by atoms with Crippen LogP contribution < -0.4 is 15.1 Å². The molecular weight excluding hydrogens is 428 g/mol. The van der Waals surface area contributed by atoms with E-state index >= 15 is 0 Å². The molecule has 2 N–H and O–H groups in total. The van der Waals surface area contributed by atoms with Gasteiger partial charge in [-0.05, 0) is 25.6 Å². The summed E-state index contributed by atoms with van der Waals surface area (Å²) in [6.07, 6.45) is 3.59. The fraction of sp³-hybridized carbons (Fsp3) is 0.381. The number of aromatic carboxylic acids is 1. The maximum absolute atomic E-state index is 11.4. The number of pyridine rings is 1. The van der Waals surface area contributed by atoms with Gasteiger partial charge < -0.3 is 19.8 Å². The number of carboxylic acid groups (broad SMARTS) is 1. The predicted octanol–water partition coefficient (Wildman–Crippen LogP) is 2.47. The standard InChI is InChI=1S/C21H26N8O2S/c1-14-18(19(30)31)32-21(23-14)26-20-24-16(28(3)13-15-5-4-6-22-12-15)11-17(25-20)29-9-7-27(2)8-10-29/h4-6,11-12H,7-10,13H2,1-3H3,(H,30,31)(H,23,24,25,26). The maximum atomic E-state index is 11.4. The molecule has 1 aliphatic heterocycles. The molecule has 1 fully saturated rings. The fourth-order valence-corrected chi connectivity index (χ4v) is 4.26. The molecule has 3 aromatic rings. The van der Waals surface area contributed by atoms with Gasteiger partial charge in [-0.1, -0.05) is 17.4 Å². The third-order valence-corrected chi connectivity index (χ3v) is 6.33. The topological polar surface area (TPSA) is 111 Å². The summed E-state index contributed by atoms with van der Waals surface area (Å²) < 4.78 is 0. The second-order valence-electron chi connectivity index (χ2n) is 7.78. The van der Waals surface area contributed by atoms with Crippen molar-refractivity contribution in [2.45, 2.75) is 13.5 Å². The molecule has 0 aromatic carbocycles. The SMILES string of the molecule is Cc1nc(Nc2nc(N(C)Cc3cccnc3)cc(N3CCN(C)CC3)n2)sc1C(=O)O. The van der Waals surface area contributed by atoms with Gasteiger partial charge in [-0.3, -0.25) is 10.3 Å². The maximum Gasteiger partial charge on any atom is 0.347 e. The number of carbonyl (C=O) groups is 1. The van der Waals surface area contributed by atoms with E-state index in [2.05, 4.69) is 37.1 Å². The van der Waals surface area contributed by atoms with E-state index in [0.717, 1.165) is 54.7 Å². The van der Waals surface area contributed by atoms with Crippen LogP contribution in [0.5, 0.6) is 0 Å². The largest absolute Gasteiger partial charge is 0.477 e. The second-order valence-corrected chi connectivity index (χ2v) is 8.78. The lowest BCUT2D eigenvalue weighted by atomic mass is 10.2. The van der Waals surface area contributed by atoms with Crippen LogP contribution >= 0.6 is 11.3 Å². The number of anilines is 4. The first-order valence-corrected chi connectivity index (χ1v) is 11.1. The molecule has 0 unspecified atom stereocenters. The first kappa shape index (κ1) is 21.9. The lowest BCUT2D eigenvalue weighted by Gasteiger charge is -2.33. The van der Waals surface area contributed by atoms with E-state index in [1.165, 1.54) is 0 Å². The normalized spacial score (nSPS) is 14.4. The number of carboxylic acids is 1. The zero-order valence-corrected chi connectivity index (χ0v) is 19.1. The molecule has 1 aliphatic rings. The van der Waals surface area contributed by atoms with E-state index in [4.69, 9.17) is 4.98 Å². The molecule has 4 heterocycles. The average molecular weight is 455 g/mol. The van der Waals surface area contributed by atoms with E-state index in [1.54, 1.807) is 13.1 Å². The van der Waals surface area contributed by atoms with E-state index in [1.807, 2.05) is 36.3 Å². The summed E-state index contributed by atoms with van der Waals surface area (Å²) in [5.74, 6) is 0.986. The van der Waals surface area contributed by atoms with Gasteiger partial charge in [-0.25, -0.2) is 9.78 Å². The first-order valence-electron chi connectivity index (χ1n) is 10.3. The van der Waals surface area contributed by atoms with Crippen LogP contribution in [0.4, 0.5) is 22.7 Å². The van der Waals surface area contributed by atoms with Crippen LogP contribution in [0.1, 0.15) is 20.9 Å². The molecule has 168 valence electrons. The number of rotatable bonds is 7. The van der Waals surface area contributed by atoms with Crippen LogP contribution in [0.2, 0.25) is 0 Å². The number of nitrogens with one attached hydrogen (secondary N) is 1. The summed E-state index contributed by atoms with van der Waals surface area (Å²) in [4.78, 5) is 36.1. The minimum atomic E-state index is -0.989. The van der Waals surface area contributed by atoms with Gasteiger partial charge in [-0.15, -0.1) is 0 Å². The van der Waals surface area contributed by atoms with Crippen molar-refractivity contribution in [2.75, 3.05) is 55.4 Å². The summed E-state index contributed by atoms with van der Waals surface area (Å²) in [5, 5.41) is 12.9. The Kier molecular flexibility index (Phi) is 6.47. The number of hydrogen-bond donors (Lipinski definition) is 2. The zero-order chi connectivity index (χ0) is 22.7. The van der Waals surface area contributed by atoms with Gasteiger partial charge in [0.1, 0.15) is 16.5 Å². The average Bonchev–Trinajstić information content (AvgIpc) is 3.15. The van der Waals surface area contributed by atoms with E-state index in [9.17, 15) is 9.90 Å². The first-order chi connectivity index (χ1) is 15.4. The molecule has 3 aromatic heterocycles. The summed E-state index contributed by atoms with van der Waals surface area (Å²) in [6.45, 7) is 5.99. The van der Waals surface area contributed by atoms with Crippen LogP contribution in [-0.4, -0.2) is 76.2 Å². The van der Waals surface area contributed by atoms with Gasteiger partial charge in [0.05, 0.1) is 5.69 Å². The highest BCUT2D eigenvalue weighted by molar-refractivity contribution is 7.17. The predicted molar refractivity (Wildman–Crippen MR) is 125 cm³/mol. The number of hydrogen-bond acceptors (Lipinski definition) is 10. The van der Waals surface area contributed by atoms with Crippen LogP contribution in [0.15, 0.2) is 30.6 Å². The van der Waals surface area contributed by atoms with E-state index in [-0.39, 0.29) is 4.88 Å². The minimum Gasteiger partial charge on any atom is -0.477 e. The smallest absolute Gasteiger partial charge is 0.347 e. The highest BCUT2D eigenvalue weighted by atomic mass is 32.1. The molecule has 10 nitrogen and oxygen atoms in total. The summed E-state index contributed by atoms with van der Waals surface area (Å²) >= 11 is 1.08. The van der Waals surface area contributed by atoms with Gasteiger partial charge >= 0.3 is 5.97 Å². The van der Waals surface area contributed by atoms with Gasteiger partial charge in [0.2, 0.25) is 5.95 Å². The van der Waals surface area contributed by atoms with Gasteiger partial charge in [0.25, 0.3) is 0 Å². The Hall–Kier alpha value is -3.31. The van der Waals surface area contributed by atoms with Crippen LogP contribution in [0.25, 0.3) is 0 Å². The molecule has 0 radical (unpaired) electrons. The van der Waals surface area contributed by atoms with Gasteiger partial charge in [0.15, 0.2) is 5.13 Å². The molecule has 11 heteroatoms. The van der Waals surface area contributed by atoms with Crippen molar-refractivity contribution >= 4 is 40.0 Å². The van der Waals surface area contributed by atoms with Crippen molar-refractivity contribution in [1.82, 2.24) is 24.8 Å². The lowest BCUT2D eigenvalue weighted by molar-refractivity contribution is 0.0701. The Bertz CT molecular complexity index is 1080. The molecule has 0 amide bonds. The van der Waals surface area contributed by atoms with Crippen molar-refractivity contribution in [3.63, 3.8) is 0 Å². The highest BCUT2D eigenvalue weighted by Gasteiger charge is 2.20. The number of thiazole rings is 1. The molecule has 0 aliphatic carbocycles. The summed E-state index contributed by atoms with van der Waals surface area (Å²) in [5.41, 5.74) is 1.54. The minimum absolute atomic E-state index is 0.205. The number of aryl methyl sites for hydroxylation is 1. The van der Waals surface area contributed by atoms with Crippen LogP contribution in [-0.2, 0) is 6.54 Å². The van der Waals surface area contributed by atoms with Crippen molar-refractivity contribution < 1.29 is 9.90 Å². The van der Waals surface area contributed by atoms with Crippen molar-refractivity contribution in [1.29, 1.82) is 0 Å². The molecule has 1 saturated heterocycles. The van der Waals surface area contributed by atoms with Crippen molar-refractivity contribution in [3.8, 4) is 0 Å². The molecule has 0 spiro atoms. The Balaban J connectivity index is 1.63. The van der Waals surface area contributed by atoms with Gasteiger partial charge in [-0.2, -0.15) is 9.97 Å². The van der Waals surface area contributed by atoms with Crippen LogP contribution in [0.3, 0.4) is 0 Å². The quantitative estimate of drug-likeness (QED) is 0.552. The molecule has 0 saturated carbocycles. The molecular formula is C21H26N8O2S. The highest BCUT2D eigenvalue weighted by Crippen LogP contribution is 2.28. The number of nitrogens with zero attached hydrogens (tertiary/aromatic N) is 7. The fourth-order valence-electron chi connectivity index (χ4n) is 3.46. The van der Waals surface area contributed by atoms with Gasteiger partial charge in [0, 0.05) is 58.2 Å². The third kappa shape index (κ3) is 5.11. The third-order valence-electron chi connectivity index (χ3n) is 5.27. The Morgan fingerprint density at radius 1 is 1.25 bits per heavy atom. The summed E-state index contributed by atoms with van der Waals surface area (Å²) in [6, 6.07) is 5.93. The lowest BCUT2D eigenvalue weighted by Crippen LogP contribution is -2.45. The van der Waals surface area contributed by atoms with Crippen molar-refractivity contribution in [2.24, 2.45) is 0 Å². The molecule has 4 rings (SSSR count). The number of likely N-dealkylation sites (N-methyl/N-ethyl adjacent to an activating group) is 1. The molecule has 0 atom stereocenters. The Morgan fingerprint density at radius 2 is 2.03 bits per heavy atom. The Morgan fingerprint density at radius 3 is 2.69 bits per heavy atom. The Labute approximate surface area is 190 Å². The van der Waals surface area contributed by atoms with Crippen molar-refractivity contribution in [3.05, 3.63) is 46.7 Å². The molecule has 0 bridgehead atoms. The number of piperazine rings is 1. The molecule has 32 heavy (non-hydrogen) atoms. The second kappa shape index (κ2) is 9.45.